The minimum absolute atomic E-state index is 0.0922. The summed E-state index contributed by atoms with van der Waals surface area (Å²) in [5.74, 6) is 1.17. The molecule has 5 rings (SSSR count). The maximum absolute atomic E-state index is 13.1. The third kappa shape index (κ3) is 4.43. The van der Waals surface area contributed by atoms with Crippen LogP contribution in [0, 0.1) is 0 Å². The third-order valence-electron chi connectivity index (χ3n) is 6.53. The van der Waals surface area contributed by atoms with Gasteiger partial charge in [0, 0.05) is 44.8 Å². The van der Waals surface area contributed by atoms with Crippen LogP contribution >= 0.6 is 11.3 Å². The Morgan fingerprint density at radius 3 is 2.23 bits per heavy atom. The predicted molar refractivity (Wildman–Crippen MR) is 135 cm³/mol. The molecule has 2 fully saturated rings. The Kier molecular flexibility index (Phi) is 6.56. The minimum atomic E-state index is -3.49. The average Bonchev–Trinajstić information content (AvgIpc) is 3.59. The Labute approximate surface area is 208 Å². The zero-order chi connectivity index (χ0) is 24.6. The van der Waals surface area contributed by atoms with Crippen molar-refractivity contribution in [1.29, 1.82) is 0 Å². The molecule has 35 heavy (non-hydrogen) atoms. The molecule has 2 aliphatic heterocycles. The Bertz CT molecular complexity index is 1330. The summed E-state index contributed by atoms with van der Waals surface area (Å²) in [6, 6.07) is 10.2. The van der Waals surface area contributed by atoms with Crippen molar-refractivity contribution in [3.63, 3.8) is 0 Å². The van der Waals surface area contributed by atoms with Gasteiger partial charge in [-0.1, -0.05) is 11.3 Å². The molecule has 2 aromatic carbocycles. The molecule has 3 aromatic rings. The highest BCUT2D eigenvalue weighted by atomic mass is 32.2. The number of rotatable bonds is 6. The molecule has 3 heterocycles. The van der Waals surface area contributed by atoms with Gasteiger partial charge in [0.15, 0.2) is 16.6 Å². The van der Waals surface area contributed by atoms with E-state index in [1.807, 2.05) is 12.1 Å². The SMILES string of the molecule is COc1ccc2sc(N3CCN(C(=O)c4ccc(S(=O)(=O)N5CCCC5)cc4)CC3)nc2c1OC. The minimum Gasteiger partial charge on any atom is -0.493 e. The number of ether oxygens (including phenoxy) is 2. The molecular weight excluding hydrogens is 488 g/mol. The van der Waals surface area contributed by atoms with Crippen LogP contribution in [0.15, 0.2) is 41.3 Å². The first kappa shape index (κ1) is 23.8. The molecule has 2 aliphatic rings. The molecule has 1 amide bonds. The normalized spacial score (nSPS) is 17.2. The smallest absolute Gasteiger partial charge is 0.253 e. The molecule has 0 saturated carbocycles. The summed E-state index contributed by atoms with van der Waals surface area (Å²) in [5, 5.41) is 0.884. The summed E-state index contributed by atoms with van der Waals surface area (Å²) < 4.78 is 38.9. The maximum Gasteiger partial charge on any atom is 0.253 e. The fraction of sp³-hybridized carbons (Fsp3) is 0.417. The van der Waals surface area contributed by atoms with E-state index in [4.69, 9.17) is 14.5 Å². The first-order chi connectivity index (χ1) is 16.9. The highest BCUT2D eigenvalue weighted by Crippen LogP contribution is 2.40. The van der Waals surface area contributed by atoms with E-state index < -0.39 is 10.0 Å². The van der Waals surface area contributed by atoms with Crippen LogP contribution < -0.4 is 14.4 Å². The van der Waals surface area contributed by atoms with Crippen LogP contribution in [-0.4, -0.2) is 82.0 Å². The molecule has 0 aliphatic carbocycles. The van der Waals surface area contributed by atoms with Crippen LogP contribution in [0.25, 0.3) is 10.2 Å². The lowest BCUT2D eigenvalue weighted by atomic mass is 10.2. The summed E-state index contributed by atoms with van der Waals surface area (Å²) in [6.45, 7) is 3.55. The van der Waals surface area contributed by atoms with Gasteiger partial charge >= 0.3 is 0 Å². The lowest BCUT2D eigenvalue weighted by Crippen LogP contribution is -2.48. The van der Waals surface area contributed by atoms with Crippen molar-refractivity contribution in [2.45, 2.75) is 17.7 Å². The molecule has 11 heteroatoms. The number of methoxy groups -OCH3 is 2. The number of aromatic nitrogens is 1. The van der Waals surface area contributed by atoms with Gasteiger partial charge in [0.25, 0.3) is 5.91 Å². The van der Waals surface area contributed by atoms with Crippen molar-refractivity contribution in [1.82, 2.24) is 14.2 Å². The number of piperazine rings is 1. The lowest BCUT2D eigenvalue weighted by molar-refractivity contribution is 0.0746. The van der Waals surface area contributed by atoms with Crippen molar-refractivity contribution in [2.75, 3.05) is 58.4 Å². The summed E-state index contributed by atoms with van der Waals surface area (Å²) >= 11 is 1.59. The van der Waals surface area contributed by atoms with Crippen molar-refractivity contribution < 1.29 is 22.7 Å². The molecule has 0 radical (unpaired) electrons. The summed E-state index contributed by atoms with van der Waals surface area (Å²) in [4.78, 5) is 22.1. The highest BCUT2D eigenvalue weighted by molar-refractivity contribution is 7.89. The number of hydrogen-bond donors (Lipinski definition) is 0. The van der Waals surface area contributed by atoms with Crippen LogP contribution in [0.4, 0.5) is 5.13 Å². The lowest BCUT2D eigenvalue weighted by Gasteiger charge is -2.34. The highest BCUT2D eigenvalue weighted by Gasteiger charge is 2.28. The molecular formula is C24H28N4O5S2. The van der Waals surface area contributed by atoms with Gasteiger partial charge < -0.3 is 19.3 Å². The van der Waals surface area contributed by atoms with E-state index in [2.05, 4.69) is 4.90 Å². The number of sulfonamides is 1. The van der Waals surface area contributed by atoms with Gasteiger partial charge in [-0.25, -0.2) is 13.4 Å². The predicted octanol–water partition coefficient (Wildman–Crippen LogP) is 3.06. The van der Waals surface area contributed by atoms with Crippen molar-refractivity contribution in [3.05, 3.63) is 42.0 Å². The molecule has 0 atom stereocenters. The van der Waals surface area contributed by atoms with Gasteiger partial charge in [-0.15, -0.1) is 0 Å². The number of anilines is 1. The van der Waals surface area contributed by atoms with Crippen LogP contribution in [0.5, 0.6) is 11.5 Å². The number of carbonyl (C=O) groups excluding carboxylic acids is 1. The second-order valence-corrected chi connectivity index (χ2v) is 11.5. The topological polar surface area (TPSA) is 92.3 Å². The second-order valence-electron chi connectivity index (χ2n) is 8.56. The molecule has 0 unspecified atom stereocenters. The van der Waals surface area contributed by atoms with E-state index in [9.17, 15) is 13.2 Å². The van der Waals surface area contributed by atoms with Crippen molar-refractivity contribution in [3.8, 4) is 11.5 Å². The van der Waals surface area contributed by atoms with Crippen LogP contribution in [-0.2, 0) is 10.0 Å². The average molecular weight is 517 g/mol. The van der Waals surface area contributed by atoms with Crippen LogP contribution in [0.1, 0.15) is 23.2 Å². The molecule has 0 spiro atoms. The Hall–Kier alpha value is -2.89. The number of benzene rings is 2. The molecule has 0 N–H and O–H groups in total. The Morgan fingerprint density at radius 2 is 1.60 bits per heavy atom. The fourth-order valence-corrected chi connectivity index (χ4v) is 7.10. The third-order valence-corrected chi connectivity index (χ3v) is 9.53. The van der Waals surface area contributed by atoms with Gasteiger partial charge in [-0.3, -0.25) is 4.79 Å². The standard InChI is InChI=1S/C24H28N4O5S2/c1-32-19-9-10-20-21(22(19)33-2)25-24(34-20)27-15-13-26(14-16-27)23(29)17-5-7-18(8-6-17)35(30,31)28-11-3-4-12-28/h5-10H,3-4,11-16H2,1-2H3. The quantitative estimate of drug-likeness (QED) is 0.497. The van der Waals surface area contributed by atoms with E-state index in [1.54, 1.807) is 54.7 Å². The van der Waals surface area contributed by atoms with Gasteiger partial charge in [0.2, 0.25) is 10.0 Å². The zero-order valence-corrected chi connectivity index (χ0v) is 21.4. The van der Waals surface area contributed by atoms with Gasteiger partial charge in [-0.2, -0.15) is 4.31 Å². The first-order valence-corrected chi connectivity index (χ1v) is 13.8. The van der Waals surface area contributed by atoms with Gasteiger partial charge in [-0.05, 0) is 49.2 Å². The molecule has 2 saturated heterocycles. The number of carbonyl (C=O) groups is 1. The van der Waals surface area contributed by atoms with E-state index in [-0.39, 0.29) is 10.8 Å². The number of amides is 1. The van der Waals surface area contributed by atoms with E-state index in [0.29, 0.717) is 56.3 Å². The fourth-order valence-electron chi connectivity index (χ4n) is 4.56. The van der Waals surface area contributed by atoms with Crippen LogP contribution in [0.3, 0.4) is 0 Å². The number of thiazole rings is 1. The monoisotopic (exact) mass is 516 g/mol. The van der Waals surface area contributed by atoms with Gasteiger partial charge in [0.1, 0.15) is 5.52 Å². The molecule has 0 bridgehead atoms. The summed E-state index contributed by atoms with van der Waals surface area (Å²) in [6.07, 6.45) is 1.78. The first-order valence-electron chi connectivity index (χ1n) is 11.6. The Morgan fingerprint density at radius 1 is 0.914 bits per heavy atom. The van der Waals surface area contributed by atoms with E-state index >= 15 is 0 Å². The number of nitrogens with zero attached hydrogens (tertiary/aromatic N) is 4. The zero-order valence-electron chi connectivity index (χ0n) is 19.8. The molecule has 9 nitrogen and oxygen atoms in total. The number of fused-ring (bicyclic) bond motifs is 1. The van der Waals surface area contributed by atoms with Crippen LogP contribution in [0.2, 0.25) is 0 Å². The summed E-state index contributed by atoms with van der Waals surface area (Å²) in [5.41, 5.74) is 1.27. The van der Waals surface area contributed by atoms with Gasteiger partial charge in [0.05, 0.1) is 23.8 Å². The van der Waals surface area contributed by atoms with Crippen molar-refractivity contribution in [2.24, 2.45) is 0 Å². The Balaban J connectivity index is 1.25. The molecule has 1 aromatic heterocycles. The largest absolute Gasteiger partial charge is 0.493 e. The second kappa shape index (κ2) is 9.63. The van der Waals surface area contributed by atoms with E-state index in [1.165, 1.54) is 4.31 Å². The molecule has 186 valence electrons. The number of hydrogen-bond acceptors (Lipinski definition) is 8. The van der Waals surface area contributed by atoms with E-state index in [0.717, 1.165) is 28.2 Å². The van der Waals surface area contributed by atoms with Crippen molar-refractivity contribution >= 4 is 42.6 Å². The summed E-state index contributed by atoms with van der Waals surface area (Å²) in [7, 11) is -0.275. The maximum atomic E-state index is 13.1.